The van der Waals surface area contributed by atoms with E-state index in [1.807, 2.05) is 19.1 Å². The summed E-state index contributed by atoms with van der Waals surface area (Å²) < 4.78 is 13.2. The van der Waals surface area contributed by atoms with Crippen molar-refractivity contribution in [3.8, 4) is 5.75 Å². The van der Waals surface area contributed by atoms with Crippen molar-refractivity contribution in [3.05, 3.63) is 59.4 Å². The van der Waals surface area contributed by atoms with Crippen LogP contribution in [0.25, 0.3) is 0 Å². The van der Waals surface area contributed by atoms with Gasteiger partial charge >= 0.3 is 0 Å². The molecule has 2 aromatic carbocycles. The highest BCUT2D eigenvalue weighted by atomic mass is 19.1. The first-order valence-corrected chi connectivity index (χ1v) is 6.85. The minimum Gasteiger partial charge on any atom is -0.508 e. The molecule has 0 saturated heterocycles. The molecule has 1 unspecified atom stereocenters. The van der Waals surface area contributed by atoms with Gasteiger partial charge in [-0.05, 0) is 62.1 Å². The Morgan fingerprint density at radius 2 is 1.85 bits per heavy atom. The number of benzene rings is 2. The summed E-state index contributed by atoms with van der Waals surface area (Å²) in [6.07, 6.45) is 1.86. The maximum atomic E-state index is 13.2. The van der Waals surface area contributed by atoms with Crippen molar-refractivity contribution in [2.24, 2.45) is 0 Å². The van der Waals surface area contributed by atoms with Gasteiger partial charge in [0, 0.05) is 11.7 Å². The Kier molecular flexibility index (Phi) is 4.61. The summed E-state index contributed by atoms with van der Waals surface area (Å²) in [7, 11) is 0. The molecule has 0 bridgehead atoms. The predicted molar refractivity (Wildman–Crippen MR) is 80.6 cm³/mol. The molecule has 2 N–H and O–H groups in total. The number of hydrogen-bond acceptors (Lipinski definition) is 2. The summed E-state index contributed by atoms with van der Waals surface area (Å²) in [6.45, 7) is 4.05. The number of anilines is 1. The van der Waals surface area contributed by atoms with Crippen molar-refractivity contribution in [1.82, 2.24) is 0 Å². The number of aromatic hydroxyl groups is 1. The van der Waals surface area contributed by atoms with Crippen LogP contribution in [0.4, 0.5) is 10.1 Å². The lowest BCUT2D eigenvalue weighted by Gasteiger charge is -2.17. The van der Waals surface area contributed by atoms with Gasteiger partial charge in [-0.2, -0.15) is 0 Å². The van der Waals surface area contributed by atoms with Crippen LogP contribution in [0.15, 0.2) is 42.5 Å². The quantitative estimate of drug-likeness (QED) is 0.852. The SMILES string of the molecule is Cc1ccc(F)cc1NC(C)CCc1ccc(O)cc1. The van der Waals surface area contributed by atoms with Crippen LogP contribution in [0.3, 0.4) is 0 Å². The van der Waals surface area contributed by atoms with Gasteiger partial charge in [-0.15, -0.1) is 0 Å². The van der Waals surface area contributed by atoms with Crippen molar-refractivity contribution < 1.29 is 9.50 Å². The molecule has 0 spiro atoms. The third-order valence-corrected chi connectivity index (χ3v) is 3.40. The molecule has 0 aromatic heterocycles. The van der Waals surface area contributed by atoms with Crippen LogP contribution in [0.2, 0.25) is 0 Å². The first kappa shape index (κ1) is 14.4. The van der Waals surface area contributed by atoms with Crippen molar-refractivity contribution in [1.29, 1.82) is 0 Å². The zero-order valence-electron chi connectivity index (χ0n) is 11.9. The standard InChI is InChI=1S/C17H20FNO/c1-12-3-8-15(18)11-17(12)19-13(2)4-5-14-6-9-16(20)10-7-14/h3,6-11,13,19-20H,4-5H2,1-2H3. The number of aryl methyl sites for hydroxylation is 2. The Balaban J connectivity index is 1.90. The van der Waals surface area contributed by atoms with E-state index in [1.165, 1.54) is 17.7 Å². The number of phenolic OH excluding ortho intramolecular Hbond substituents is 1. The second-order valence-electron chi connectivity index (χ2n) is 5.21. The number of nitrogens with one attached hydrogen (secondary N) is 1. The summed E-state index contributed by atoms with van der Waals surface area (Å²) >= 11 is 0. The molecule has 0 heterocycles. The van der Waals surface area contributed by atoms with Crippen molar-refractivity contribution >= 4 is 5.69 Å². The molecule has 106 valence electrons. The van der Waals surface area contributed by atoms with E-state index in [-0.39, 0.29) is 17.6 Å². The van der Waals surface area contributed by atoms with Gasteiger partial charge < -0.3 is 10.4 Å². The molecule has 0 radical (unpaired) electrons. The molecule has 0 aliphatic carbocycles. The molecule has 2 nitrogen and oxygen atoms in total. The van der Waals surface area contributed by atoms with Crippen molar-refractivity contribution in [2.75, 3.05) is 5.32 Å². The fraction of sp³-hybridized carbons (Fsp3) is 0.294. The van der Waals surface area contributed by atoms with Crippen LogP contribution >= 0.6 is 0 Å². The smallest absolute Gasteiger partial charge is 0.125 e. The van der Waals surface area contributed by atoms with Gasteiger partial charge in [-0.1, -0.05) is 18.2 Å². The molecule has 0 saturated carbocycles. The first-order chi connectivity index (χ1) is 9.54. The highest BCUT2D eigenvalue weighted by Gasteiger charge is 2.06. The normalized spacial score (nSPS) is 12.2. The summed E-state index contributed by atoms with van der Waals surface area (Å²) in [4.78, 5) is 0. The number of rotatable bonds is 5. The van der Waals surface area contributed by atoms with Crippen molar-refractivity contribution in [2.45, 2.75) is 32.7 Å². The van der Waals surface area contributed by atoms with Gasteiger partial charge in [0.15, 0.2) is 0 Å². The minimum absolute atomic E-state index is 0.219. The maximum Gasteiger partial charge on any atom is 0.125 e. The lowest BCUT2D eigenvalue weighted by molar-refractivity contribution is 0.475. The fourth-order valence-electron chi connectivity index (χ4n) is 2.13. The zero-order valence-corrected chi connectivity index (χ0v) is 11.9. The van der Waals surface area contributed by atoms with Gasteiger partial charge in [-0.3, -0.25) is 0 Å². The van der Waals surface area contributed by atoms with Crippen LogP contribution in [-0.2, 0) is 6.42 Å². The molecule has 1 atom stereocenters. The molecule has 0 fully saturated rings. The number of hydrogen-bond donors (Lipinski definition) is 2. The third-order valence-electron chi connectivity index (χ3n) is 3.40. The summed E-state index contributed by atoms with van der Waals surface area (Å²) in [5.41, 5.74) is 3.08. The highest BCUT2D eigenvalue weighted by molar-refractivity contribution is 5.51. The molecule has 0 aliphatic rings. The van der Waals surface area contributed by atoms with E-state index in [9.17, 15) is 9.50 Å². The second kappa shape index (κ2) is 6.42. The zero-order chi connectivity index (χ0) is 14.5. The van der Waals surface area contributed by atoms with Crippen LogP contribution < -0.4 is 5.32 Å². The fourth-order valence-corrected chi connectivity index (χ4v) is 2.13. The topological polar surface area (TPSA) is 32.3 Å². The Morgan fingerprint density at radius 1 is 1.15 bits per heavy atom. The van der Waals surface area contributed by atoms with E-state index >= 15 is 0 Å². The monoisotopic (exact) mass is 273 g/mol. The van der Waals surface area contributed by atoms with E-state index in [2.05, 4.69) is 12.2 Å². The Morgan fingerprint density at radius 3 is 2.55 bits per heavy atom. The van der Waals surface area contributed by atoms with Gasteiger partial charge in [0.05, 0.1) is 0 Å². The molecule has 0 amide bonds. The molecular formula is C17H20FNO. The van der Waals surface area contributed by atoms with Crippen LogP contribution in [0, 0.1) is 12.7 Å². The minimum atomic E-state index is -0.219. The van der Waals surface area contributed by atoms with Gasteiger partial charge in [0.1, 0.15) is 11.6 Å². The van der Waals surface area contributed by atoms with E-state index in [1.54, 1.807) is 18.2 Å². The van der Waals surface area contributed by atoms with E-state index in [0.717, 1.165) is 24.1 Å². The lowest BCUT2D eigenvalue weighted by Crippen LogP contribution is -2.16. The van der Waals surface area contributed by atoms with E-state index in [0.29, 0.717) is 0 Å². The predicted octanol–water partition coefficient (Wildman–Crippen LogP) is 4.27. The molecule has 0 aliphatic heterocycles. The van der Waals surface area contributed by atoms with Crippen molar-refractivity contribution in [3.63, 3.8) is 0 Å². The largest absolute Gasteiger partial charge is 0.508 e. The Labute approximate surface area is 119 Å². The average molecular weight is 273 g/mol. The number of phenols is 1. The summed E-state index contributed by atoms with van der Waals surface area (Å²) in [5.74, 6) is 0.0687. The van der Waals surface area contributed by atoms with E-state index < -0.39 is 0 Å². The molecule has 20 heavy (non-hydrogen) atoms. The number of halogens is 1. The molecule has 2 aromatic rings. The van der Waals surface area contributed by atoms with Crippen LogP contribution in [0.1, 0.15) is 24.5 Å². The van der Waals surface area contributed by atoms with E-state index in [4.69, 9.17) is 0 Å². The Bertz CT molecular complexity index is 566. The molecular weight excluding hydrogens is 253 g/mol. The van der Waals surface area contributed by atoms with Gasteiger partial charge in [0.2, 0.25) is 0 Å². The average Bonchev–Trinajstić information content (AvgIpc) is 2.42. The summed E-state index contributed by atoms with van der Waals surface area (Å²) in [6, 6.07) is 12.3. The summed E-state index contributed by atoms with van der Waals surface area (Å²) in [5, 5.41) is 12.6. The second-order valence-corrected chi connectivity index (χ2v) is 5.21. The maximum absolute atomic E-state index is 13.2. The van der Waals surface area contributed by atoms with Crippen LogP contribution in [0.5, 0.6) is 5.75 Å². The lowest BCUT2D eigenvalue weighted by atomic mass is 10.1. The van der Waals surface area contributed by atoms with Crippen LogP contribution in [-0.4, -0.2) is 11.1 Å². The molecule has 2 rings (SSSR count). The first-order valence-electron chi connectivity index (χ1n) is 6.85. The Hall–Kier alpha value is -2.03. The van der Waals surface area contributed by atoms with Gasteiger partial charge in [0.25, 0.3) is 0 Å². The van der Waals surface area contributed by atoms with Gasteiger partial charge in [-0.25, -0.2) is 4.39 Å². The highest BCUT2D eigenvalue weighted by Crippen LogP contribution is 2.18. The molecule has 3 heteroatoms. The third kappa shape index (κ3) is 3.98.